The smallest absolute Gasteiger partial charge is 0.410 e. The number of H-pyrrole nitrogens is 1. The number of aromatic amines is 1. The predicted octanol–water partition coefficient (Wildman–Crippen LogP) is 2.64. The molecule has 0 atom stereocenters. The summed E-state index contributed by atoms with van der Waals surface area (Å²) in [6.45, 7) is 3.72. The van der Waals surface area contributed by atoms with E-state index in [4.69, 9.17) is 9.47 Å². The number of carbonyl (C=O) groups excluding carboxylic acids is 1. The summed E-state index contributed by atoms with van der Waals surface area (Å²) >= 11 is 0. The van der Waals surface area contributed by atoms with E-state index in [1.165, 1.54) is 10.9 Å². The van der Waals surface area contributed by atoms with Crippen LogP contribution in [0.25, 0.3) is 10.9 Å². The summed E-state index contributed by atoms with van der Waals surface area (Å²) in [5.74, 6) is 0.873. The van der Waals surface area contributed by atoms with Crippen LogP contribution in [-0.4, -0.2) is 66.8 Å². The minimum Gasteiger partial charge on any atom is -0.497 e. The summed E-state index contributed by atoms with van der Waals surface area (Å²) in [4.78, 5) is 19.2. The Hall–Kier alpha value is -2.21. The number of likely N-dealkylation sites (N-methyl/N-ethyl adjacent to an activating group) is 1. The zero-order chi connectivity index (χ0) is 17.4. The summed E-state index contributed by atoms with van der Waals surface area (Å²) in [6, 6.07) is 6.17. The molecule has 2 aliphatic rings. The van der Waals surface area contributed by atoms with E-state index < -0.39 is 0 Å². The van der Waals surface area contributed by atoms with E-state index in [2.05, 4.69) is 22.1 Å². The number of likely N-dealkylation sites (tertiary alicyclic amines) is 1. The van der Waals surface area contributed by atoms with Crippen LogP contribution < -0.4 is 4.74 Å². The minimum absolute atomic E-state index is 0.178. The van der Waals surface area contributed by atoms with Gasteiger partial charge in [-0.3, -0.25) is 0 Å². The van der Waals surface area contributed by atoms with Crippen LogP contribution >= 0.6 is 0 Å². The molecule has 1 aromatic carbocycles. The average Bonchev–Trinajstić information content (AvgIpc) is 3.15. The molecule has 0 aliphatic carbocycles. The van der Waals surface area contributed by atoms with E-state index >= 15 is 0 Å². The second-order valence-electron chi connectivity index (χ2n) is 7.22. The van der Waals surface area contributed by atoms with Crippen molar-refractivity contribution in [2.75, 3.05) is 40.3 Å². The molecule has 0 bridgehead atoms. The van der Waals surface area contributed by atoms with Crippen molar-refractivity contribution in [2.45, 2.75) is 24.9 Å². The first-order valence-corrected chi connectivity index (χ1v) is 8.89. The fourth-order valence-electron chi connectivity index (χ4n) is 4.01. The number of benzene rings is 1. The Bertz CT molecular complexity index is 777. The van der Waals surface area contributed by atoms with Crippen LogP contribution in [0.2, 0.25) is 0 Å². The van der Waals surface area contributed by atoms with Gasteiger partial charge in [0.1, 0.15) is 11.4 Å². The number of carbonyl (C=O) groups is 1. The first kappa shape index (κ1) is 16.3. The highest BCUT2D eigenvalue weighted by molar-refractivity contribution is 5.84. The molecule has 2 saturated heterocycles. The maximum atomic E-state index is 11.7. The van der Waals surface area contributed by atoms with Crippen LogP contribution in [0.3, 0.4) is 0 Å². The van der Waals surface area contributed by atoms with Gasteiger partial charge in [0.2, 0.25) is 0 Å². The number of aromatic nitrogens is 1. The molecule has 4 rings (SSSR count). The first-order chi connectivity index (χ1) is 12.1. The van der Waals surface area contributed by atoms with Gasteiger partial charge in [-0.1, -0.05) is 0 Å². The van der Waals surface area contributed by atoms with Gasteiger partial charge in [-0.2, -0.15) is 0 Å². The van der Waals surface area contributed by atoms with Crippen molar-refractivity contribution in [1.82, 2.24) is 14.8 Å². The van der Waals surface area contributed by atoms with Crippen LogP contribution in [0, 0.1) is 0 Å². The van der Waals surface area contributed by atoms with Gasteiger partial charge in [-0.15, -0.1) is 0 Å². The lowest BCUT2D eigenvalue weighted by Crippen LogP contribution is -2.47. The van der Waals surface area contributed by atoms with Crippen LogP contribution in [0.15, 0.2) is 24.4 Å². The molecule has 25 heavy (non-hydrogen) atoms. The van der Waals surface area contributed by atoms with Gasteiger partial charge >= 0.3 is 6.09 Å². The highest BCUT2D eigenvalue weighted by Crippen LogP contribution is 2.32. The number of hydrogen-bond acceptors (Lipinski definition) is 4. The number of nitrogens with zero attached hydrogens (tertiary/aromatic N) is 2. The van der Waals surface area contributed by atoms with Crippen LogP contribution in [-0.2, 0) is 11.2 Å². The molecule has 2 fully saturated rings. The third-order valence-corrected chi connectivity index (χ3v) is 5.58. The maximum absolute atomic E-state index is 11.7. The molecule has 3 heterocycles. The first-order valence-electron chi connectivity index (χ1n) is 8.89. The van der Waals surface area contributed by atoms with Crippen molar-refractivity contribution in [3.63, 3.8) is 0 Å². The Balaban J connectivity index is 1.35. The largest absolute Gasteiger partial charge is 0.497 e. The van der Waals surface area contributed by atoms with Crippen LogP contribution in [0.1, 0.15) is 18.4 Å². The van der Waals surface area contributed by atoms with Gasteiger partial charge in [0.25, 0.3) is 0 Å². The van der Waals surface area contributed by atoms with Gasteiger partial charge in [-0.05, 0) is 24.1 Å². The number of rotatable bonds is 4. The third kappa shape index (κ3) is 3.06. The minimum atomic E-state index is -0.250. The Morgan fingerprint density at radius 1 is 1.32 bits per heavy atom. The Morgan fingerprint density at radius 3 is 2.80 bits per heavy atom. The third-order valence-electron chi connectivity index (χ3n) is 5.58. The number of ether oxygens (including phenoxy) is 2. The average molecular weight is 343 g/mol. The van der Waals surface area contributed by atoms with Crippen molar-refractivity contribution in [3.05, 3.63) is 30.0 Å². The summed E-state index contributed by atoms with van der Waals surface area (Å²) in [5.41, 5.74) is 2.21. The van der Waals surface area contributed by atoms with Gasteiger partial charge in [0.15, 0.2) is 0 Å². The quantitative estimate of drug-likeness (QED) is 0.927. The summed E-state index contributed by atoms with van der Waals surface area (Å²) < 4.78 is 10.9. The maximum Gasteiger partial charge on any atom is 0.410 e. The van der Waals surface area contributed by atoms with Crippen molar-refractivity contribution < 1.29 is 14.3 Å². The summed E-state index contributed by atoms with van der Waals surface area (Å²) in [7, 11) is 3.50. The van der Waals surface area contributed by atoms with Crippen molar-refractivity contribution in [1.29, 1.82) is 0 Å². The van der Waals surface area contributed by atoms with E-state index in [1.807, 2.05) is 19.2 Å². The molecule has 1 aromatic heterocycles. The zero-order valence-corrected chi connectivity index (χ0v) is 14.9. The molecule has 1 N–H and O–H groups in total. The van der Waals surface area contributed by atoms with Crippen molar-refractivity contribution >= 4 is 17.0 Å². The Morgan fingerprint density at radius 2 is 2.12 bits per heavy atom. The monoisotopic (exact) mass is 343 g/mol. The number of nitrogens with one attached hydrogen (secondary N) is 1. The van der Waals surface area contributed by atoms with E-state index in [0.717, 1.165) is 56.7 Å². The molecule has 134 valence electrons. The molecular formula is C19H25N3O3. The topological polar surface area (TPSA) is 57.8 Å². The number of piperidine rings is 1. The molecule has 1 spiro atoms. The lowest BCUT2D eigenvalue weighted by Gasteiger charge is -2.37. The zero-order valence-electron chi connectivity index (χ0n) is 14.9. The van der Waals surface area contributed by atoms with Crippen molar-refractivity contribution in [2.24, 2.45) is 0 Å². The second-order valence-corrected chi connectivity index (χ2v) is 7.22. The SMILES string of the molecule is COc1ccc2c(CCN3CCC4(CC3)CN(C)C(=O)O4)c[nH]c2c1. The molecule has 2 aromatic rings. The van der Waals surface area contributed by atoms with E-state index in [9.17, 15) is 4.79 Å². The van der Waals surface area contributed by atoms with Gasteiger partial charge in [0.05, 0.1) is 13.7 Å². The molecule has 0 saturated carbocycles. The lowest BCUT2D eigenvalue weighted by molar-refractivity contribution is 0.00108. The fraction of sp³-hybridized carbons (Fsp3) is 0.526. The number of methoxy groups -OCH3 is 1. The van der Waals surface area contributed by atoms with E-state index in [0.29, 0.717) is 0 Å². The fourth-order valence-corrected chi connectivity index (χ4v) is 4.01. The Labute approximate surface area is 147 Å². The Kier molecular flexibility index (Phi) is 4.07. The number of hydrogen-bond donors (Lipinski definition) is 1. The molecule has 6 heteroatoms. The molecular weight excluding hydrogens is 318 g/mol. The lowest BCUT2D eigenvalue weighted by atomic mass is 9.91. The highest BCUT2D eigenvalue weighted by Gasteiger charge is 2.45. The summed E-state index contributed by atoms with van der Waals surface area (Å²) in [5, 5.41) is 1.26. The second kappa shape index (κ2) is 6.26. The highest BCUT2D eigenvalue weighted by atomic mass is 16.6. The molecule has 0 radical (unpaired) electrons. The molecule has 2 aliphatic heterocycles. The summed E-state index contributed by atoms with van der Waals surface area (Å²) in [6.07, 6.45) is 4.78. The standard InChI is InChI=1S/C19H25N3O3/c1-21-13-19(25-18(21)23)6-9-22(10-7-19)8-5-14-12-20-17-11-15(24-2)3-4-16(14)17/h3-4,11-12,20H,5-10,13H2,1-2H3. The van der Waals surface area contributed by atoms with Gasteiger partial charge < -0.3 is 24.3 Å². The van der Waals surface area contributed by atoms with E-state index in [1.54, 1.807) is 12.0 Å². The van der Waals surface area contributed by atoms with Crippen LogP contribution in [0.5, 0.6) is 5.75 Å². The van der Waals surface area contributed by atoms with Gasteiger partial charge in [-0.25, -0.2) is 4.79 Å². The van der Waals surface area contributed by atoms with Gasteiger partial charge in [0, 0.05) is 62.7 Å². The molecule has 0 unspecified atom stereocenters. The van der Waals surface area contributed by atoms with Crippen LogP contribution in [0.4, 0.5) is 4.79 Å². The number of fused-ring (bicyclic) bond motifs is 1. The van der Waals surface area contributed by atoms with E-state index in [-0.39, 0.29) is 11.7 Å². The molecule has 1 amide bonds. The predicted molar refractivity (Wildman–Crippen MR) is 96.1 cm³/mol. The normalized spacial score (nSPS) is 20.4. The van der Waals surface area contributed by atoms with Crippen molar-refractivity contribution in [3.8, 4) is 5.75 Å². The number of amides is 1. The molecule has 6 nitrogen and oxygen atoms in total.